The summed E-state index contributed by atoms with van der Waals surface area (Å²) in [5.41, 5.74) is 11.6. The molecule has 0 spiro atoms. The van der Waals surface area contributed by atoms with E-state index >= 15 is 0 Å². The van der Waals surface area contributed by atoms with Gasteiger partial charge in [0.15, 0.2) is 0 Å². The molecule has 0 fully saturated rings. The number of para-hydroxylation sites is 3. The second kappa shape index (κ2) is 17.7. The van der Waals surface area contributed by atoms with E-state index in [9.17, 15) is 0 Å². The zero-order valence-corrected chi connectivity index (χ0v) is 39.0. The fourth-order valence-electron chi connectivity index (χ4n) is 7.96. The van der Waals surface area contributed by atoms with Crippen molar-refractivity contribution in [3.05, 3.63) is 193 Å². The van der Waals surface area contributed by atoms with Crippen LogP contribution in [0.4, 0.5) is 0 Å². The first kappa shape index (κ1) is 37.0. The molecule has 3 aromatic heterocycles. The van der Waals surface area contributed by atoms with Gasteiger partial charge < -0.3 is 9.55 Å². The Morgan fingerprint density at radius 1 is 0.721 bits per heavy atom. The Balaban J connectivity index is 0.000000199. The molecule has 1 radical (unpaired) electrons. The molecular weight excluding hydrogens is 955 g/mol. The van der Waals surface area contributed by atoms with Crippen molar-refractivity contribution in [1.29, 1.82) is 0 Å². The molecule has 303 valence electrons. The third-order valence-electron chi connectivity index (χ3n) is 10.9. The second-order valence-electron chi connectivity index (χ2n) is 16.2. The van der Waals surface area contributed by atoms with E-state index < -0.39 is 20.8 Å². The molecule has 10 rings (SSSR count). The standard InChI is InChI=1S/C37H23N2S.C18H24NSi.Ir/c1-3-13-25(14-4-1)27-18-11-19-28(26-15-5-2-6-16-26)35(27)39-33-23-9-8-22-32(33)38-37(39)31-21-12-20-30-29-17-7-10-24-34(29)40-36(30)31;1-13(2)16-11-17(15-9-7-14(3)8-10-15)19-12-18(16)20(4,5)6;/h1-20,22-24H;7-9,11-13H,1-6H3;/q2*-1;/i;3D3,13D;. The number of thiophene rings is 1. The molecule has 0 amide bonds. The Labute approximate surface area is 383 Å². The summed E-state index contributed by atoms with van der Waals surface area (Å²) in [6.45, 7) is 8.38. The van der Waals surface area contributed by atoms with Crippen LogP contribution in [0.25, 0.3) is 81.8 Å². The van der Waals surface area contributed by atoms with Crippen molar-refractivity contribution in [3.8, 4) is 50.6 Å². The molecule has 3 heterocycles. The van der Waals surface area contributed by atoms with E-state index in [1.165, 1.54) is 42.6 Å². The van der Waals surface area contributed by atoms with Gasteiger partial charge in [-0.1, -0.05) is 172 Å². The largest absolute Gasteiger partial charge is 0.332 e. The quantitative estimate of drug-likeness (QED) is 0.118. The number of fused-ring (bicyclic) bond motifs is 4. The van der Waals surface area contributed by atoms with Gasteiger partial charge >= 0.3 is 0 Å². The smallest absolute Gasteiger partial charge is 0.0799 e. The minimum absolute atomic E-state index is 0. The molecule has 3 nitrogen and oxygen atoms in total. The van der Waals surface area contributed by atoms with Crippen molar-refractivity contribution in [1.82, 2.24) is 14.5 Å². The van der Waals surface area contributed by atoms with Crippen molar-refractivity contribution >= 4 is 55.8 Å². The fraction of sp³-hybridized carbons (Fsp3) is 0.127. The SMILES string of the molecule is [2H]C([2H])([2H])c1c[c-]c(-c2cc(C([2H])(C)C)c([Si](C)(C)C)cn2)cc1.[Ir].[c-]1ccc2c(sc3ccccc32)c1-c1nc2ccccc2n1-c1c(-c2ccccc2)cccc1-c1ccccc1. The maximum absolute atomic E-state index is 8.48. The predicted octanol–water partition coefficient (Wildman–Crippen LogP) is 14.7. The van der Waals surface area contributed by atoms with Gasteiger partial charge in [0.1, 0.15) is 0 Å². The maximum Gasteiger partial charge on any atom is 0.0799 e. The van der Waals surface area contributed by atoms with Crippen molar-refractivity contribution < 1.29 is 25.6 Å². The summed E-state index contributed by atoms with van der Waals surface area (Å²) in [7, 11) is -1.61. The summed E-state index contributed by atoms with van der Waals surface area (Å²) in [5, 5.41) is 3.70. The van der Waals surface area contributed by atoms with E-state index in [0.29, 0.717) is 0 Å². The maximum atomic E-state index is 8.48. The van der Waals surface area contributed by atoms with Crippen molar-refractivity contribution in [3.63, 3.8) is 0 Å². The van der Waals surface area contributed by atoms with Gasteiger partial charge in [0.2, 0.25) is 0 Å². The summed E-state index contributed by atoms with van der Waals surface area (Å²) in [6.07, 6.45) is 1.89. The zero-order valence-electron chi connectivity index (χ0n) is 38.7. The molecule has 0 saturated carbocycles. The van der Waals surface area contributed by atoms with Crippen LogP contribution in [0.3, 0.4) is 0 Å². The van der Waals surface area contributed by atoms with Gasteiger partial charge in [-0.2, -0.15) is 11.3 Å². The molecule has 0 saturated heterocycles. The molecular formula is C55H47IrN3SSi-2. The van der Waals surface area contributed by atoms with Gasteiger partial charge in [-0.3, -0.25) is 4.98 Å². The van der Waals surface area contributed by atoms with Crippen molar-refractivity contribution in [2.75, 3.05) is 0 Å². The zero-order chi connectivity index (χ0) is 44.8. The summed E-state index contributed by atoms with van der Waals surface area (Å²) in [4.78, 5) is 9.85. The van der Waals surface area contributed by atoms with Gasteiger partial charge in [0, 0.05) is 47.6 Å². The van der Waals surface area contributed by atoms with Crippen molar-refractivity contribution in [2.45, 2.75) is 46.2 Å². The first-order chi connectivity index (χ1) is 30.7. The van der Waals surface area contributed by atoms with E-state index in [2.05, 4.69) is 175 Å². The first-order valence-corrected chi connectivity index (χ1v) is 24.6. The molecule has 6 heteroatoms. The van der Waals surface area contributed by atoms with Gasteiger partial charge in [-0.05, 0) is 56.2 Å². The van der Waals surface area contributed by atoms with E-state index in [1.54, 1.807) is 12.1 Å². The average molecular weight is 1010 g/mol. The number of hydrogen-bond donors (Lipinski definition) is 0. The Hall–Kier alpha value is -5.75. The Kier molecular flexibility index (Phi) is 10.7. The molecule has 0 aliphatic heterocycles. The number of nitrogens with zero attached hydrogens (tertiary/aromatic N) is 3. The molecule has 0 atom stereocenters. The topological polar surface area (TPSA) is 30.7 Å². The van der Waals surface area contributed by atoms with Gasteiger partial charge in [-0.25, -0.2) is 0 Å². The molecule has 7 aromatic carbocycles. The van der Waals surface area contributed by atoms with E-state index in [-0.39, 0.29) is 25.7 Å². The van der Waals surface area contributed by atoms with Crippen LogP contribution in [0, 0.1) is 19.0 Å². The van der Waals surface area contributed by atoms with E-state index in [4.69, 9.17) is 10.5 Å². The number of pyridine rings is 1. The summed E-state index contributed by atoms with van der Waals surface area (Å²) in [5.74, 6) is 0.185. The van der Waals surface area contributed by atoms with Crippen LogP contribution < -0.4 is 5.19 Å². The molecule has 10 aromatic rings. The Bertz CT molecular complexity index is 3220. The minimum Gasteiger partial charge on any atom is -0.332 e. The summed E-state index contributed by atoms with van der Waals surface area (Å²) < 4.78 is 35.6. The monoisotopic (exact) mass is 1010 g/mol. The van der Waals surface area contributed by atoms with Crippen LogP contribution >= 0.6 is 11.3 Å². The summed E-state index contributed by atoms with van der Waals surface area (Å²) >= 11 is 1.81. The third-order valence-corrected chi connectivity index (χ3v) is 14.1. The van der Waals surface area contributed by atoms with Crippen LogP contribution in [-0.4, -0.2) is 22.6 Å². The predicted molar refractivity (Wildman–Crippen MR) is 259 cm³/mol. The molecule has 0 bridgehead atoms. The molecule has 0 unspecified atom stereocenters. The van der Waals surface area contributed by atoms with Crippen LogP contribution in [0.5, 0.6) is 0 Å². The van der Waals surface area contributed by atoms with E-state index in [1.807, 2.05) is 43.5 Å². The number of aryl methyl sites for hydroxylation is 1. The van der Waals surface area contributed by atoms with Crippen molar-refractivity contribution in [2.24, 2.45) is 0 Å². The Morgan fingerprint density at radius 3 is 2.05 bits per heavy atom. The fourth-order valence-corrected chi connectivity index (χ4v) is 10.7. The molecule has 0 aliphatic rings. The number of imidazole rings is 1. The molecule has 61 heavy (non-hydrogen) atoms. The van der Waals surface area contributed by atoms with Gasteiger partial charge in [-0.15, -0.1) is 53.6 Å². The summed E-state index contributed by atoms with van der Waals surface area (Å²) in [6, 6.07) is 62.6. The van der Waals surface area contributed by atoms with Crippen LogP contribution in [0.2, 0.25) is 19.6 Å². The first-order valence-electron chi connectivity index (χ1n) is 22.2. The average Bonchev–Trinajstić information content (AvgIpc) is 3.87. The number of benzene rings is 7. The van der Waals surface area contributed by atoms with Crippen LogP contribution in [-0.2, 0) is 20.1 Å². The normalized spacial score (nSPS) is 12.8. The van der Waals surface area contributed by atoms with Gasteiger partial charge in [0.05, 0.1) is 30.6 Å². The number of rotatable bonds is 7. The van der Waals surface area contributed by atoms with Crippen LogP contribution in [0.1, 0.15) is 36.4 Å². The molecule has 0 aliphatic carbocycles. The minimum atomic E-state index is -2.13. The second-order valence-corrected chi connectivity index (χ2v) is 22.3. The number of aromatic nitrogens is 3. The van der Waals surface area contributed by atoms with E-state index in [0.717, 1.165) is 56.1 Å². The number of hydrogen-bond acceptors (Lipinski definition) is 3. The Morgan fingerprint density at radius 2 is 1.39 bits per heavy atom. The van der Waals surface area contributed by atoms with Crippen LogP contribution in [0.15, 0.2) is 170 Å². The third kappa shape index (κ3) is 8.34. The molecule has 0 N–H and O–H groups in total. The van der Waals surface area contributed by atoms with Gasteiger partial charge in [0.25, 0.3) is 0 Å².